The molecular weight excluding hydrogens is 249 g/mol. The molecule has 84 valence electrons. The Morgan fingerprint density at radius 3 is 2.69 bits per heavy atom. The van der Waals surface area contributed by atoms with Gasteiger partial charge >= 0.3 is 0 Å². The first-order valence-corrected chi connectivity index (χ1v) is 5.39. The fourth-order valence-electron chi connectivity index (χ4n) is 1.50. The van der Waals surface area contributed by atoms with E-state index in [1.54, 1.807) is 25.3 Å². The number of benzene rings is 1. The van der Waals surface area contributed by atoms with Crippen LogP contribution in [0.2, 0.25) is 0 Å². The molecule has 0 aliphatic carbocycles. The van der Waals surface area contributed by atoms with Gasteiger partial charge in [-0.25, -0.2) is 0 Å². The zero-order valence-corrected chi connectivity index (χ0v) is 10.0. The van der Waals surface area contributed by atoms with E-state index in [0.29, 0.717) is 17.3 Å². The molecule has 0 aromatic heterocycles. The molecule has 1 amide bonds. The second-order valence-electron chi connectivity index (χ2n) is 3.31. The highest BCUT2D eigenvalue weighted by molar-refractivity contribution is 6.51. The fraction of sp³-hybridized carbons (Fsp3) is 0.182. The fourth-order valence-corrected chi connectivity index (χ4v) is 1.86. The molecule has 0 unspecified atom stereocenters. The number of hydrogen-bond acceptors (Lipinski definition) is 2. The molecule has 0 atom stereocenters. The van der Waals surface area contributed by atoms with Gasteiger partial charge in [-0.05, 0) is 12.1 Å². The summed E-state index contributed by atoms with van der Waals surface area (Å²) in [6.07, 6.45) is 0. The summed E-state index contributed by atoms with van der Waals surface area (Å²) in [7, 11) is 1.57. The molecule has 2 rings (SSSR count). The van der Waals surface area contributed by atoms with Crippen LogP contribution < -0.4 is 9.64 Å². The first-order valence-electron chi connectivity index (χ1n) is 4.63. The zero-order chi connectivity index (χ0) is 11.7. The Bertz CT molecular complexity index is 471. The third-order valence-electron chi connectivity index (χ3n) is 2.33. The van der Waals surface area contributed by atoms with E-state index in [9.17, 15) is 4.79 Å². The van der Waals surface area contributed by atoms with Gasteiger partial charge in [0.05, 0.1) is 18.7 Å². The van der Waals surface area contributed by atoms with Gasteiger partial charge in [-0.1, -0.05) is 29.3 Å². The molecule has 3 nitrogen and oxygen atoms in total. The molecule has 16 heavy (non-hydrogen) atoms. The molecule has 0 bridgehead atoms. The van der Waals surface area contributed by atoms with Crippen molar-refractivity contribution in [1.29, 1.82) is 0 Å². The SMILES string of the molecule is COc1cccc(N2CC(Cl)=C(Cl)C2=O)c1. The van der Waals surface area contributed by atoms with E-state index < -0.39 is 0 Å². The van der Waals surface area contributed by atoms with Crippen molar-refractivity contribution in [2.75, 3.05) is 18.6 Å². The summed E-state index contributed by atoms with van der Waals surface area (Å²) < 4.78 is 5.09. The first-order chi connectivity index (χ1) is 7.63. The third kappa shape index (κ3) is 1.88. The molecule has 0 spiro atoms. The van der Waals surface area contributed by atoms with Crippen molar-refractivity contribution in [3.8, 4) is 5.75 Å². The number of methoxy groups -OCH3 is 1. The Morgan fingerprint density at radius 1 is 1.38 bits per heavy atom. The lowest BCUT2D eigenvalue weighted by molar-refractivity contribution is -0.114. The molecule has 1 aliphatic heterocycles. The van der Waals surface area contributed by atoms with Gasteiger partial charge in [-0.2, -0.15) is 0 Å². The van der Waals surface area contributed by atoms with E-state index in [4.69, 9.17) is 27.9 Å². The lowest BCUT2D eigenvalue weighted by atomic mass is 10.3. The average molecular weight is 258 g/mol. The van der Waals surface area contributed by atoms with Gasteiger partial charge in [-0.15, -0.1) is 0 Å². The molecule has 0 N–H and O–H groups in total. The minimum atomic E-state index is -0.278. The van der Waals surface area contributed by atoms with Gasteiger partial charge in [0, 0.05) is 11.8 Å². The van der Waals surface area contributed by atoms with Crippen molar-refractivity contribution in [1.82, 2.24) is 0 Å². The van der Waals surface area contributed by atoms with Crippen molar-refractivity contribution in [3.63, 3.8) is 0 Å². The number of rotatable bonds is 2. The average Bonchev–Trinajstić information content (AvgIpc) is 2.57. The van der Waals surface area contributed by atoms with Gasteiger partial charge in [-0.3, -0.25) is 4.79 Å². The number of hydrogen-bond donors (Lipinski definition) is 0. The van der Waals surface area contributed by atoms with E-state index in [2.05, 4.69) is 0 Å². The molecule has 1 aliphatic rings. The number of nitrogens with zero attached hydrogens (tertiary/aromatic N) is 1. The normalized spacial score (nSPS) is 15.9. The van der Waals surface area contributed by atoms with Crippen LogP contribution in [-0.4, -0.2) is 19.6 Å². The maximum atomic E-state index is 11.7. The van der Waals surface area contributed by atoms with E-state index in [1.807, 2.05) is 6.07 Å². The summed E-state index contributed by atoms with van der Waals surface area (Å²) in [5.74, 6) is 0.407. The Labute approximate surface area is 103 Å². The number of carbonyl (C=O) groups excluding carboxylic acids is 1. The predicted octanol–water partition coefficient (Wildman–Crippen LogP) is 2.73. The summed E-state index contributed by atoms with van der Waals surface area (Å²) >= 11 is 11.6. The summed E-state index contributed by atoms with van der Waals surface area (Å²) in [4.78, 5) is 13.2. The molecular formula is C11H9Cl2NO2. The molecule has 0 radical (unpaired) electrons. The number of anilines is 1. The van der Waals surface area contributed by atoms with E-state index in [1.165, 1.54) is 4.90 Å². The minimum Gasteiger partial charge on any atom is -0.497 e. The predicted molar refractivity (Wildman–Crippen MR) is 64.1 cm³/mol. The summed E-state index contributed by atoms with van der Waals surface area (Å²) in [5.41, 5.74) is 0.721. The van der Waals surface area contributed by atoms with Gasteiger partial charge in [0.15, 0.2) is 0 Å². The number of carbonyl (C=O) groups is 1. The maximum absolute atomic E-state index is 11.7. The standard InChI is InChI=1S/C11H9Cl2NO2/c1-16-8-4-2-3-7(5-8)14-6-9(12)10(13)11(14)15/h2-5H,6H2,1H3. The van der Waals surface area contributed by atoms with Crippen LogP contribution in [0.5, 0.6) is 5.75 Å². The Hall–Kier alpha value is -1.19. The van der Waals surface area contributed by atoms with Crippen molar-refractivity contribution in [2.45, 2.75) is 0 Å². The lowest BCUT2D eigenvalue weighted by Crippen LogP contribution is -2.25. The molecule has 0 fully saturated rings. The van der Waals surface area contributed by atoms with Crippen LogP contribution in [0.4, 0.5) is 5.69 Å². The van der Waals surface area contributed by atoms with Crippen LogP contribution in [0.15, 0.2) is 34.3 Å². The van der Waals surface area contributed by atoms with Crippen LogP contribution in [0.1, 0.15) is 0 Å². The summed E-state index contributed by atoms with van der Waals surface area (Å²) in [6.45, 7) is 0.312. The Morgan fingerprint density at radius 2 is 2.12 bits per heavy atom. The number of amides is 1. The lowest BCUT2D eigenvalue weighted by Gasteiger charge is -2.16. The Balaban J connectivity index is 2.30. The smallest absolute Gasteiger partial charge is 0.271 e. The third-order valence-corrected chi connectivity index (χ3v) is 3.13. The van der Waals surface area contributed by atoms with Gasteiger partial charge < -0.3 is 9.64 Å². The second kappa shape index (κ2) is 4.36. The van der Waals surface area contributed by atoms with Gasteiger partial charge in [0.1, 0.15) is 10.8 Å². The highest BCUT2D eigenvalue weighted by Crippen LogP contribution is 2.31. The van der Waals surface area contributed by atoms with Crippen molar-refractivity contribution in [2.24, 2.45) is 0 Å². The second-order valence-corrected chi connectivity index (χ2v) is 4.15. The molecule has 0 saturated heterocycles. The quantitative estimate of drug-likeness (QED) is 0.816. The van der Waals surface area contributed by atoms with Crippen molar-refractivity contribution < 1.29 is 9.53 Å². The molecule has 5 heteroatoms. The topological polar surface area (TPSA) is 29.5 Å². The van der Waals surface area contributed by atoms with Gasteiger partial charge in [0.2, 0.25) is 0 Å². The molecule has 1 heterocycles. The van der Waals surface area contributed by atoms with Gasteiger partial charge in [0.25, 0.3) is 5.91 Å². The van der Waals surface area contributed by atoms with Crippen LogP contribution in [0.3, 0.4) is 0 Å². The first kappa shape index (κ1) is 11.3. The van der Waals surface area contributed by atoms with E-state index >= 15 is 0 Å². The summed E-state index contributed by atoms with van der Waals surface area (Å²) in [5, 5.41) is 0.457. The molecule has 0 saturated carbocycles. The van der Waals surface area contributed by atoms with Crippen molar-refractivity contribution in [3.05, 3.63) is 34.3 Å². The zero-order valence-electron chi connectivity index (χ0n) is 8.54. The van der Waals surface area contributed by atoms with E-state index in [-0.39, 0.29) is 10.9 Å². The van der Waals surface area contributed by atoms with Crippen LogP contribution in [-0.2, 0) is 4.79 Å². The molecule has 1 aromatic carbocycles. The Kier molecular flexibility index (Phi) is 3.08. The highest BCUT2D eigenvalue weighted by atomic mass is 35.5. The van der Waals surface area contributed by atoms with Crippen molar-refractivity contribution >= 4 is 34.8 Å². The van der Waals surface area contributed by atoms with Crippen LogP contribution in [0.25, 0.3) is 0 Å². The number of halogens is 2. The largest absolute Gasteiger partial charge is 0.497 e. The van der Waals surface area contributed by atoms with Crippen LogP contribution >= 0.6 is 23.2 Å². The monoisotopic (exact) mass is 257 g/mol. The van der Waals surface area contributed by atoms with E-state index in [0.717, 1.165) is 5.69 Å². The maximum Gasteiger partial charge on any atom is 0.271 e. The van der Waals surface area contributed by atoms with Crippen LogP contribution in [0, 0.1) is 0 Å². The summed E-state index contributed by atoms with van der Waals surface area (Å²) in [6, 6.07) is 7.18. The highest BCUT2D eigenvalue weighted by Gasteiger charge is 2.29. The molecule has 1 aromatic rings. The number of ether oxygens (including phenoxy) is 1. The minimum absolute atomic E-state index is 0.0875.